The second-order valence-electron chi connectivity index (χ2n) is 5.25. The molecule has 1 aromatic rings. The van der Waals surface area contributed by atoms with E-state index in [1.165, 1.54) is 24.9 Å². The molecule has 1 atom stereocenters. The maximum atomic E-state index is 5.84. The Balaban J connectivity index is 1.82. The lowest BCUT2D eigenvalue weighted by Gasteiger charge is -2.22. The number of benzene rings is 1. The minimum absolute atomic E-state index is 0.589. The summed E-state index contributed by atoms with van der Waals surface area (Å²) in [7, 11) is 0. The summed E-state index contributed by atoms with van der Waals surface area (Å²) in [5.41, 5.74) is 1.37. The molecule has 2 heteroatoms. The predicted octanol–water partition coefficient (Wildman–Crippen LogP) is 3.19. The highest BCUT2D eigenvalue weighted by atomic mass is 16.5. The summed E-state index contributed by atoms with van der Waals surface area (Å²) in [5, 5.41) is 3.42. The Hall–Kier alpha value is -1.02. The first kappa shape index (κ1) is 12.4. The van der Waals surface area contributed by atoms with Crippen molar-refractivity contribution in [3.63, 3.8) is 0 Å². The van der Waals surface area contributed by atoms with Crippen molar-refractivity contribution < 1.29 is 4.74 Å². The number of nitrogens with one attached hydrogen (secondary N) is 1. The van der Waals surface area contributed by atoms with Crippen molar-refractivity contribution in [2.45, 2.75) is 32.6 Å². The van der Waals surface area contributed by atoms with Gasteiger partial charge in [-0.3, -0.25) is 0 Å². The van der Waals surface area contributed by atoms with Crippen molar-refractivity contribution >= 4 is 0 Å². The van der Waals surface area contributed by atoms with Crippen LogP contribution in [0.1, 0.15) is 38.2 Å². The molecule has 1 saturated heterocycles. The summed E-state index contributed by atoms with van der Waals surface area (Å²) in [5.74, 6) is 2.26. The van der Waals surface area contributed by atoms with Crippen LogP contribution in [0.25, 0.3) is 0 Å². The molecule has 0 aromatic heterocycles. The summed E-state index contributed by atoms with van der Waals surface area (Å²) in [6.45, 7) is 7.53. The van der Waals surface area contributed by atoms with Gasteiger partial charge in [0.2, 0.25) is 0 Å². The maximum absolute atomic E-state index is 5.84. The van der Waals surface area contributed by atoms with Gasteiger partial charge in [-0.25, -0.2) is 0 Å². The van der Waals surface area contributed by atoms with Gasteiger partial charge in [-0.2, -0.15) is 0 Å². The molecule has 1 aliphatic rings. The van der Waals surface area contributed by atoms with Gasteiger partial charge >= 0.3 is 0 Å². The highest BCUT2D eigenvalue weighted by molar-refractivity contribution is 5.28. The molecule has 1 heterocycles. The Morgan fingerprint density at radius 3 is 2.65 bits per heavy atom. The fourth-order valence-corrected chi connectivity index (χ4v) is 2.23. The Morgan fingerprint density at radius 2 is 2.06 bits per heavy atom. The molecule has 2 nitrogen and oxygen atoms in total. The minimum atomic E-state index is 0.589. The van der Waals surface area contributed by atoms with Gasteiger partial charge in [-0.15, -0.1) is 0 Å². The van der Waals surface area contributed by atoms with Gasteiger partial charge in [0, 0.05) is 12.5 Å². The molecule has 0 bridgehead atoms. The van der Waals surface area contributed by atoms with Crippen LogP contribution in [0.3, 0.4) is 0 Å². The average Bonchev–Trinajstić information content (AvgIpc) is 2.38. The predicted molar refractivity (Wildman–Crippen MR) is 71.6 cm³/mol. The summed E-state index contributed by atoms with van der Waals surface area (Å²) >= 11 is 0. The third kappa shape index (κ3) is 3.74. The van der Waals surface area contributed by atoms with Crippen molar-refractivity contribution in [2.24, 2.45) is 5.92 Å². The normalized spacial score (nSPS) is 20.5. The third-order valence-corrected chi connectivity index (χ3v) is 3.43. The van der Waals surface area contributed by atoms with Crippen LogP contribution < -0.4 is 10.1 Å². The molecule has 0 spiro atoms. The van der Waals surface area contributed by atoms with Gasteiger partial charge in [0.1, 0.15) is 5.75 Å². The molecular weight excluding hydrogens is 210 g/mol. The van der Waals surface area contributed by atoms with E-state index < -0.39 is 0 Å². The van der Waals surface area contributed by atoms with Gasteiger partial charge in [0.05, 0.1) is 6.61 Å². The first-order valence-corrected chi connectivity index (χ1v) is 6.69. The lowest BCUT2D eigenvalue weighted by atomic mass is 10.0. The molecule has 1 N–H and O–H groups in total. The van der Waals surface area contributed by atoms with Crippen molar-refractivity contribution in [3.05, 3.63) is 29.8 Å². The number of hydrogen-bond acceptors (Lipinski definition) is 2. The van der Waals surface area contributed by atoms with Gasteiger partial charge in [0.25, 0.3) is 0 Å². The van der Waals surface area contributed by atoms with Crippen molar-refractivity contribution in [3.8, 4) is 5.75 Å². The zero-order valence-corrected chi connectivity index (χ0v) is 10.9. The van der Waals surface area contributed by atoms with Crippen LogP contribution in [0.2, 0.25) is 0 Å². The number of piperidine rings is 1. The third-order valence-electron chi connectivity index (χ3n) is 3.43. The van der Waals surface area contributed by atoms with Crippen molar-refractivity contribution in [1.82, 2.24) is 5.32 Å². The highest BCUT2D eigenvalue weighted by Crippen LogP contribution is 2.19. The van der Waals surface area contributed by atoms with E-state index in [4.69, 9.17) is 4.74 Å². The topological polar surface area (TPSA) is 21.3 Å². The lowest BCUT2D eigenvalue weighted by molar-refractivity contribution is 0.218. The van der Waals surface area contributed by atoms with Gasteiger partial charge in [0.15, 0.2) is 0 Å². The fourth-order valence-electron chi connectivity index (χ4n) is 2.23. The molecule has 17 heavy (non-hydrogen) atoms. The molecule has 1 aliphatic heterocycles. The quantitative estimate of drug-likeness (QED) is 0.862. The Labute approximate surface area is 104 Å². The SMILES string of the molecule is CC(C)c1ccc(OC[C@@H]2CCCNC2)cc1. The van der Waals surface area contributed by atoms with E-state index in [1.54, 1.807) is 0 Å². The van der Waals surface area contributed by atoms with Gasteiger partial charge in [-0.05, 0) is 43.0 Å². The zero-order chi connectivity index (χ0) is 12.1. The van der Waals surface area contributed by atoms with E-state index in [2.05, 4.69) is 43.4 Å². The van der Waals surface area contributed by atoms with Gasteiger partial charge < -0.3 is 10.1 Å². The van der Waals surface area contributed by atoms with E-state index in [1.807, 2.05) is 0 Å². The molecule has 0 saturated carbocycles. The average molecular weight is 233 g/mol. The maximum Gasteiger partial charge on any atom is 0.119 e. The van der Waals surface area contributed by atoms with Crippen LogP contribution in [-0.4, -0.2) is 19.7 Å². The summed E-state index contributed by atoms with van der Waals surface area (Å²) < 4.78 is 5.84. The molecule has 0 aliphatic carbocycles. The van der Waals surface area contributed by atoms with Crippen LogP contribution in [0.4, 0.5) is 0 Å². The summed E-state index contributed by atoms with van der Waals surface area (Å²) in [6, 6.07) is 8.51. The van der Waals surface area contributed by atoms with E-state index >= 15 is 0 Å². The molecular formula is C15H23NO. The monoisotopic (exact) mass is 233 g/mol. The van der Waals surface area contributed by atoms with Crippen LogP contribution in [0, 0.1) is 5.92 Å². The minimum Gasteiger partial charge on any atom is -0.493 e. The van der Waals surface area contributed by atoms with E-state index in [0.717, 1.165) is 18.9 Å². The Bertz CT molecular complexity index is 325. The van der Waals surface area contributed by atoms with Crippen LogP contribution >= 0.6 is 0 Å². The van der Waals surface area contributed by atoms with Crippen molar-refractivity contribution in [2.75, 3.05) is 19.7 Å². The van der Waals surface area contributed by atoms with Crippen molar-refractivity contribution in [1.29, 1.82) is 0 Å². The Morgan fingerprint density at radius 1 is 1.29 bits per heavy atom. The largest absolute Gasteiger partial charge is 0.493 e. The smallest absolute Gasteiger partial charge is 0.119 e. The van der Waals surface area contributed by atoms with E-state index in [9.17, 15) is 0 Å². The number of rotatable bonds is 4. The van der Waals surface area contributed by atoms with E-state index in [0.29, 0.717) is 11.8 Å². The molecule has 0 radical (unpaired) electrons. The molecule has 1 fully saturated rings. The second kappa shape index (κ2) is 6.06. The molecule has 0 unspecified atom stereocenters. The number of ether oxygens (including phenoxy) is 1. The van der Waals surface area contributed by atoms with Gasteiger partial charge in [-0.1, -0.05) is 26.0 Å². The molecule has 2 rings (SSSR count). The summed E-state index contributed by atoms with van der Waals surface area (Å²) in [4.78, 5) is 0. The molecule has 94 valence electrons. The highest BCUT2D eigenvalue weighted by Gasteiger charge is 2.13. The molecule has 1 aromatic carbocycles. The first-order chi connectivity index (χ1) is 8.25. The van der Waals surface area contributed by atoms with E-state index in [-0.39, 0.29) is 0 Å². The standard InChI is InChI=1S/C15H23NO/c1-12(2)14-5-7-15(8-6-14)17-11-13-4-3-9-16-10-13/h5-8,12-13,16H,3-4,9-11H2,1-2H3/t13-/m1/s1. The summed E-state index contributed by atoms with van der Waals surface area (Å²) in [6.07, 6.45) is 2.57. The Kier molecular flexibility index (Phi) is 4.43. The lowest BCUT2D eigenvalue weighted by Crippen LogP contribution is -2.33. The zero-order valence-electron chi connectivity index (χ0n) is 10.9. The molecule has 0 amide bonds. The van der Waals surface area contributed by atoms with Crippen LogP contribution in [0.5, 0.6) is 5.75 Å². The fraction of sp³-hybridized carbons (Fsp3) is 0.600. The second-order valence-corrected chi connectivity index (χ2v) is 5.25. The van der Waals surface area contributed by atoms with Crippen LogP contribution in [0.15, 0.2) is 24.3 Å². The van der Waals surface area contributed by atoms with Crippen LogP contribution in [-0.2, 0) is 0 Å². The number of hydrogen-bond donors (Lipinski definition) is 1. The first-order valence-electron chi connectivity index (χ1n) is 6.69.